The van der Waals surface area contributed by atoms with E-state index in [0.717, 1.165) is 18.4 Å². The van der Waals surface area contributed by atoms with Crippen molar-refractivity contribution in [2.24, 2.45) is 5.92 Å². The van der Waals surface area contributed by atoms with Crippen molar-refractivity contribution in [3.63, 3.8) is 0 Å². The van der Waals surface area contributed by atoms with Gasteiger partial charge in [-0.05, 0) is 38.2 Å². The van der Waals surface area contributed by atoms with Crippen LogP contribution in [0.15, 0.2) is 30.3 Å². The van der Waals surface area contributed by atoms with Crippen molar-refractivity contribution in [2.45, 2.75) is 58.3 Å². The summed E-state index contributed by atoms with van der Waals surface area (Å²) in [5, 5.41) is 0. The monoisotopic (exact) mass is 276 g/mol. The molecule has 0 radical (unpaired) electrons. The molecular weight excluding hydrogens is 252 g/mol. The van der Waals surface area contributed by atoms with Crippen LogP contribution in [0.1, 0.15) is 45.6 Å². The summed E-state index contributed by atoms with van der Waals surface area (Å²) in [5.41, 5.74) is 1.08. The predicted molar refractivity (Wildman–Crippen MR) is 78.2 cm³/mol. The van der Waals surface area contributed by atoms with Crippen molar-refractivity contribution >= 4 is 5.97 Å². The van der Waals surface area contributed by atoms with Crippen LogP contribution < -0.4 is 0 Å². The molecule has 1 aliphatic heterocycles. The largest absolute Gasteiger partial charge is 0.461 e. The molecule has 20 heavy (non-hydrogen) atoms. The predicted octanol–water partition coefficient (Wildman–Crippen LogP) is 3.71. The number of rotatable bonds is 7. The van der Waals surface area contributed by atoms with Gasteiger partial charge < -0.3 is 9.47 Å². The van der Waals surface area contributed by atoms with Crippen LogP contribution in [0, 0.1) is 5.92 Å². The van der Waals surface area contributed by atoms with Gasteiger partial charge in [0.05, 0.1) is 11.7 Å². The molecule has 1 aliphatic rings. The van der Waals surface area contributed by atoms with Crippen LogP contribution >= 0.6 is 0 Å². The Labute approximate surface area is 121 Å². The fourth-order valence-electron chi connectivity index (χ4n) is 2.36. The summed E-state index contributed by atoms with van der Waals surface area (Å²) < 4.78 is 10.8. The van der Waals surface area contributed by atoms with Crippen LogP contribution in [0.4, 0.5) is 0 Å². The van der Waals surface area contributed by atoms with Gasteiger partial charge in [-0.2, -0.15) is 0 Å². The zero-order valence-corrected chi connectivity index (χ0v) is 12.6. The van der Waals surface area contributed by atoms with Crippen LogP contribution in [-0.4, -0.2) is 17.7 Å². The summed E-state index contributed by atoms with van der Waals surface area (Å²) in [7, 11) is 0. The fraction of sp³-hybridized carbons (Fsp3) is 0.588. The van der Waals surface area contributed by atoms with Crippen molar-refractivity contribution in [3.05, 3.63) is 35.9 Å². The van der Waals surface area contributed by atoms with Gasteiger partial charge in [0, 0.05) is 6.42 Å². The molecule has 2 atom stereocenters. The van der Waals surface area contributed by atoms with E-state index in [1.165, 1.54) is 0 Å². The summed E-state index contributed by atoms with van der Waals surface area (Å²) in [6.07, 6.45) is 2.89. The molecule has 3 nitrogen and oxygen atoms in total. The Morgan fingerprint density at radius 1 is 1.35 bits per heavy atom. The molecule has 0 bridgehead atoms. The lowest BCUT2D eigenvalue weighted by molar-refractivity contribution is -0.146. The fourth-order valence-corrected chi connectivity index (χ4v) is 2.36. The summed E-state index contributed by atoms with van der Waals surface area (Å²) in [6.45, 7) is 6.68. The first-order valence-corrected chi connectivity index (χ1v) is 7.35. The standard InChI is InChI=1S/C17H24O3/c1-13(9-10-15-17(2,3)20-15)11-16(18)19-12-14-7-5-4-6-8-14/h4-8,13,15H,9-12H2,1-3H3/t13-,15?/m1/s1. The quantitative estimate of drug-likeness (QED) is 0.563. The van der Waals surface area contributed by atoms with E-state index in [1.54, 1.807) is 0 Å². The van der Waals surface area contributed by atoms with Crippen molar-refractivity contribution in [3.8, 4) is 0 Å². The number of hydrogen-bond donors (Lipinski definition) is 0. The lowest BCUT2D eigenvalue weighted by Crippen LogP contribution is -2.11. The minimum Gasteiger partial charge on any atom is -0.461 e. The third-order valence-electron chi connectivity index (χ3n) is 3.84. The maximum Gasteiger partial charge on any atom is 0.306 e. The topological polar surface area (TPSA) is 38.8 Å². The van der Waals surface area contributed by atoms with Crippen molar-refractivity contribution in [1.29, 1.82) is 0 Å². The van der Waals surface area contributed by atoms with Gasteiger partial charge in [-0.15, -0.1) is 0 Å². The maximum atomic E-state index is 11.8. The first-order chi connectivity index (χ1) is 9.47. The van der Waals surface area contributed by atoms with Crippen molar-refractivity contribution in [2.75, 3.05) is 0 Å². The number of carbonyl (C=O) groups excluding carboxylic acids is 1. The second-order valence-corrected chi connectivity index (χ2v) is 6.24. The highest BCUT2D eigenvalue weighted by Gasteiger charge is 2.46. The number of carbonyl (C=O) groups is 1. The Balaban J connectivity index is 1.61. The Kier molecular flexibility index (Phi) is 4.81. The molecule has 2 rings (SSSR count). The van der Waals surface area contributed by atoms with E-state index in [4.69, 9.17) is 9.47 Å². The van der Waals surface area contributed by atoms with Gasteiger partial charge in [0.25, 0.3) is 0 Å². The zero-order valence-electron chi connectivity index (χ0n) is 12.6. The van der Waals surface area contributed by atoms with Crippen LogP contribution in [0.2, 0.25) is 0 Å². The second-order valence-electron chi connectivity index (χ2n) is 6.24. The Morgan fingerprint density at radius 3 is 2.60 bits per heavy atom. The highest BCUT2D eigenvalue weighted by atomic mass is 16.6. The van der Waals surface area contributed by atoms with Crippen molar-refractivity contribution in [1.82, 2.24) is 0 Å². The lowest BCUT2D eigenvalue weighted by Gasteiger charge is -2.10. The molecule has 1 unspecified atom stereocenters. The van der Waals surface area contributed by atoms with E-state index in [0.29, 0.717) is 25.0 Å². The molecule has 0 N–H and O–H groups in total. The van der Waals surface area contributed by atoms with E-state index in [9.17, 15) is 4.79 Å². The normalized spacial score (nSPS) is 21.2. The minimum absolute atomic E-state index is 0.0491. The molecule has 110 valence electrons. The Morgan fingerprint density at radius 2 is 2.00 bits per heavy atom. The smallest absolute Gasteiger partial charge is 0.306 e. The SMILES string of the molecule is C[C@H](CCC1OC1(C)C)CC(=O)OCc1ccccc1. The molecule has 0 aromatic heterocycles. The van der Waals surface area contributed by atoms with Gasteiger partial charge >= 0.3 is 5.97 Å². The van der Waals surface area contributed by atoms with Gasteiger partial charge in [-0.1, -0.05) is 37.3 Å². The lowest BCUT2D eigenvalue weighted by atomic mass is 9.97. The highest BCUT2D eigenvalue weighted by Crippen LogP contribution is 2.39. The van der Waals surface area contributed by atoms with E-state index < -0.39 is 0 Å². The number of benzene rings is 1. The second kappa shape index (κ2) is 6.40. The average Bonchev–Trinajstić information content (AvgIpc) is 3.03. The van der Waals surface area contributed by atoms with Crippen LogP contribution in [0.3, 0.4) is 0 Å². The summed E-state index contributed by atoms with van der Waals surface area (Å²) in [6, 6.07) is 9.77. The number of esters is 1. The molecule has 0 amide bonds. The highest BCUT2D eigenvalue weighted by molar-refractivity contribution is 5.69. The maximum absolute atomic E-state index is 11.8. The number of hydrogen-bond acceptors (Lipinski definition) is 3. The van der Waals surface area contributed by atoms with E-state index in [-0.39, 0.29) is 11.6 Å². The molecule has 1 aromatic carbocycles. The van der Waals surface area contributed by atoms with Crippen LogP contribution in [0.5, 0.6) is 0 Å². The van der Waals surface area contributed by atoms with Crippen LogP contribution in [-0.2, 0) is 20.9 Å². The summed E-state index contributed by atoms with van der Waals surface area (Å²) in [4.78, 5) is 11.8. The van der Waals surface area contributed by atoms with Gasteiger partial charge in [-0.3, -0.25) is 4.79 Å². The van der Waals surface area contributed by atoms with Gasteiger partial charge in [0.15, 0.2) is 0 Å². The van der Waals surface area contributed by atoms with E-state index >= 15 is 0 Å². The van der Waals surface area contributed by atoms with E-state index in [1.807, 2.05) is 30.3 Å². The Hall–Kier alpha value is -1.35. The number of epoxide rings is 1. The molecule has 1 fully saturated rings. The summed E-state index contributed by atoms with van der Waals surface area (Å²) >= 11 is 0. The van der Waals surface area contributed by atoms with E-state index in [2.05, 4.69) is 20.8 Å². The summed E-state index contributed by atoms with van der Waals surface area (Å²) in [5.74, 6) is 0.232. The number of ether oxygens (including phenoxy) is 2. The third kappa shape index (κ3) is 4.64. The van der Waals surface area contributed by atoms with Gasteiger partial charge in [0.1, 0.15) is 6.61 Å². The zero-order chi connectivity index (χ0) is 14.6. The minimum atomic E-state index is -0.114. The molecule has 0 saturated carbocycles. The Bertz CT molecular complexity index is 439. The molecule has 3 heteroatoms. The average molecular weight is 276 g/mol. The van der Waals surface area contributed by atoms with Gasteiger partial charge in [0.2, 0.25) is 0 Å². The molecular formula is C17H24O3. The first-order valence-electron chi connectivity index (χ1n) is 7.35. The molecule has 1 saturated heterocycles. The molecule has 1 aromatic rings. The third-order valence-corrected chi connectivity index (χ3v) is 3.84. The molecule has 0 aliphatic carbocycles. The van der Waals surface area contributed by atoms with Crippen molar-refractivity contribution < 1.29 is 14.3 Å². The van der Waals surface area contributed by atoms with Gasteiger partial charge in [-0.25, -0.2) is 0 Å². The molecule has 1 heterocycles. The first kappa shape index (κ1) is 15.0. The van der Waals surface area contributed by atoms with Crippen LogP contribution in [0.25, 0.3) is 0 Å². The molecule has 0 spiro atoms.